The molecule has 1 fully saturated rings. The lowest BCUT2D eigenvalue weighted by Gasteiger charge is -2.38. The maximum atomic E-state index is 12.9. The Morgan fingerprint density at radius 2 is 1.67 bits per heavy atom. The number of hydrogen-bond acceptors (Lipinski definition) is 6. The molecule has 0 aliphatic carbocycles. The predicted molar refractivity (Wildman–Crippen MR) is 149 cm³/mol. The second-order valence-electron chi connectivity index (χ2n) is 10.6. The minimum Gasteiger partial charge on any atom is -0.404 e. The number of ether oxygens (including phenoxy) is 2. The van der Waals surface area contributed by atoms with Crippen LogP contribution in [0.5, 0.6) is 5.75 Å². The van der Waals surface area contributed by atoms with Gasteiger partial charge >= 0.3 is 6.36 Å². The number of halogens is 4. The molecule has 3 heterocycles. The van der Waals surface area contributed by atoms with E-state index in [1.54, 1.807) is 10.8 Å². The maximum Gasteiger partial charge on any atom is 0.573 e. The topological polar surface area (TPSA) is 65.3 Å². The molecule has 0 saturated carbocycles. The monoisotopic (exact) mass is 579 g/mol. The van der Waals surface area contributed by atoms with Crippen LogP contribution in [0.2, 0.25) is 21.6 Å². The Kier molecular flexibility index (Phi) is 8.49. The van der Waals surface area contributed by atoms with Gasteiger partial charge in [0.1, 0.15) is 19.3 Å². The van der Waals surface area contributed by atoms with E-state index in [1.165, 1.54) is 18.2 Å². The summed E-state index contributed by atoms with van der Waals surface area (Å²) in [4.78, 5) is 16.1. The molecule has 2 aromatic heterocycles. The van der Waals surface area contributed by atoms with E-state index in [4.69, 9.17) is 26.3 Å². The van der Waals surface area contributed by atoms with Crippen molar-refractivity contribution in [2.75, 3.05) is 31.2 Å². The Morgan fingerprint density at radius 3 is 2.23 bits per heavy atom. The van der Waals surface area contributed by atoms with Crippen LogP contribution in [-0.4, -0.2) is 60.3 Å². The highest BCUT2D eigenvalue weighted by molar-refractivity contribution is 6.90. The highest BCUT2D eigenvalue weighted by Crippen LogP contribution is 2.41. The van der Waals surface area contributed by atoms with Gasteiger partial charge in [0.2, 0.25) is 5.95 Å². The summed E-state index contributed by atoms with van der Waals surface area (Å²) >= 11 is 6.24. The van der Waals surface area contributed by atoms with E-state index in [0.717, 1.165) is 0 Å². The minimum atomic E-state index is -4.86. The van der Waals surface area contributed by atoms with Gasteiger partial charge in [0.05, 0.1) is 30.1 Å². The number of hydrogen-bond donors (Lipinski definition) is 0. The first-order valence-electron chi connectivity index (χ1n) is 13.0. The molecule has 0 spiro atoms. The first kappa shape index (κ1) is 29.2. The molecule has 210 valence electrons. The molecule has 12 heteroatoms. The second-order valence-corrected chi connectivity index (χ2v) is 16.5. The molecular weight excluding hydrogens is 547 g/mol. The van der Waals surface area contributed by atoms with E-state index < -0.39 is 20.2 Å². The van der Waals surface area contributed by atoms with Crippen LogP contribution in [0.4, 0.5) is 19.1 Å². The molecule has 1 aromatic carbocycles. The summed E-state index contributed by atoms with van der Waals surface area (Å²) in [5.41, 5.74) is 6.38. The van der Waals surface area contributed by atoms with E-state index in [1.807, 2.05) is 4.90 Å². The fourth-order valence-electron chi connectivity index (χ4n) is 5.54. The quantitative estimate of drug-likeness (QED) is 0.237. The van der Waals surface area contributed by atoms with Gasteiger partial charge in [-0.2, -0.15) is 4.98 Å². The van der Waals surface area contributed by atoms with Gasteiger partial charge in [-0.25, -0.2) is 9.97 Å². The van der Waals surface area contributed by atoms with Crippen LogP contribution in [-0.2, 0) is 4.74 Å². The predicted octanol–water partition coefficient (Wildman–Crippen LogP) is 6.77. The molecule has 3 aromatic rings. The number of aromatic nitrogens is 4. The lowest BCUT2D eigenvalue weighted by molar-refractivity contribution is -0.274. The molecule has 1 saturated heterocycles. The molecule has 4 rings (SSSR count). The first-order chi connectivity index (χ1) is 18.3. The van der Waals surface area contributed by atoms with Crippen LogP contribution in [0, 0.1) is 11.5 Å². The van der Waals surface area contributed by atoms with Gasteiger partial charge in [0, 0.05) is 13.1 Å². The average molecular weight is 580 g/mol. The Hall–Kier alpha value is -2.81. The van der Waals surface area contributed by atoms with Gasteiger partial charge in [-0.1, -0.05) is 53.1 Å². The third-order valence-corrected chi connectivity index (χ3v) is 13.9. The number of alkyl halides is 3. The lowest BCUT2D eigenvalue weighted by Crippen LogP contribution is -2.43. The average Bonchev–Trinajstić information content (AvgIpc) is 3.22. The van der Waals surface area contributed by atoms with Crippen molar-refractivity contribution < 1.29 is 22.6 Å². The van der Waals surface area contributed by atoms with Gasteiger partial charge in [-0.3, -0.25) is 4.57 Å². The second kappa shape index (κ2) is 11.4. The molecule has 1 aliphatic rings. The van der Waals surface area contributed by atoms with E-state index in [-0.39, 0.29) is 5.02 Å². The number of rotatable bonds is 6. The number of imidazole rings is 1. The van der Waals surface area contributed by atoms with E-state index in [2.05, 4.69) is 62.7 Å². The van der Waals surface area contributed by atoms with Crippen LogP contribution < -0.4 is 9.64 Å². The molecule has 0 atom stereocenters. The Balaban J connectivity index is 1.92. The van der Waals surface area contributed by atoms with Crippen LogP contribution >= 0.6 is 11.6 Å². The molecule has 0 bridgehead atoms. The molecule has 0 unspecified atom stereocenters. The van der Waals surface area contributed by atoms with Gasteiger partial charge in [-0.15, -0.1) is 18.7 Å². The largest absolute Gasteiger partial charge is 0.573 e. The zero-order chi connectivity index (χ0) is 28.5. The molecule has 1 aliphatic heterocycles. The van der Waals surface area contributed by atoms with E-state index in [9.17, 15) is 13.2 Å². The van der Waals surface area contributed by atoms with Crippen molar-refractivity contribution in [3.63, 3.8) is 0 Å². The molecule has 0 amide bonds. The van der Waals surface area contributed by atoms with Crippen molar-refractivity contribution in [2.45, 2.75) is 64.5 Å². The van der Waals surface area contributed by atoms with Crippen LogP contribution in [0.1, 0.15) is 47.4 Å². The molecule has 39 heavy (non-hydrogen) atoms. The number of benzene rings is 1. The lowest BCUT2D eigenvalue weighted by atomic mass is 10.3. The number of anilines is 1. The zero-order valence-corrected chi connectivity index (χ0v) is 24.7. The minimum absolute atomic E-state index is 0.191. The summed E-state index contributed by atoms with van der Waals surface area (Å²) < 4.78 is 49.8. The van der Waals surface area contributed by atoms with Gasteiger partial charge in [-0.05, 0) is 40.7 Å². The maximum absolute atomic E-state index is 12.9. The first-order valence-corrected chi connectivity index (χ1v) is 15.6. The smallest absolute Gasteiger partial charge is 0.404 e. The number of fused-ring (bicyclic) bond motifs is 1. The Morgan fingerprint density at radius 1 is 1.03 bits per heavy atom. The third-order valence-electron chi connectivity index (χ3n) is 7.34. The van der Waals surface area contributed by atoms with Crippen molar-refractivity contribution in [1.82, 2.24) is 19.5 Å². The normalized spacial score (nSPS) is 14.8. The third kappa shape index (κ3) is 6.03. The summed E-state index contributed by atoms with van der Waals surface area (Å²) in [6.07, 6.45) is -3.21. The Bertz CT molecular complexity index is 1370. The zero-order valence-electron chi connectivity index (χ0n) is 22.9. The molecule has 0 N–H and O–H groups in total. The standard InChI is InChI=1S/C27H33ClF3N5O2Si/c1-17(2)39(18(3)4,19(5)6)14-9-24-33-22-16-32-26(35-10-12-37-13-11-35)34-25(22)36(24)20-7-8-23(21(28)15-20)38-27(29,30)31/h7-8,15-19H,10-13H2,1-6H3. The number of morpholine rings is 1. The summed E-state index contributed by atoms with van der Waals surface area (Å²) in [6.45, 7) is 15.8. The van der Waals surface area contributed by atoms with Crippen molar-refractivity contribution in [2.24, 2.45) is 0 Å². The summed E-state index contributed by atoms with van der Waals surface area (Å²) in [5.74, 6) is 3.83. The van der Waals surface area contributed by atoms with Crippen molar-refractivity contribution in [3.05, 3.63) is 35.2 Å². The van der Waals surface area contributed by atoms with Crippen molar-refractivity contribution >= 4 is 36.8 Å². The molecule has 0 radical (unpaired) electrons. The highest BCUT2D eigenvalue weighted by atomic mass is 35.5. The van der Waals surface area contributed by atoms with Crippen LogP contribution in [0.25, 0.3) is 16.9 Å². The van der Waals surface area contributed by atoms with Gasteiger partial charge in [0.25, 0.3) is 0 Å². The van der Waals surface area contributed by atoms with E-state index >= 15 is 0 Å². The fraction of sp³-hybridized carbons (Fsp3) is 0.519. The van der Waals surface area contributed by atoms with Gasteiger partial charge < -0.3 is 14.4 Å². The fourth-order valence-corrected chi connectivity index (χ4v) is 11.0. The Labute approximate surface area is 232 Å². The summed E-state index contributed by atoms with van der Waals surface area (Å²) in [7, 11) is -2.11. The summed E-state index contributed by atoms with van der Waals surface area (Å²) in [6, 6.07) is 4.09. The number of nitrogens with zero attached hydrogens (tertiary/aromatic N) is 5. The van der Waals surface area contributed by atoms with Gasteiger partial charge in [0.15, 0.2) is 11.5 Å². The molecular formula is C27H33ClF3N5O2Si. The van der Waals surface area contributed by atoms with Crippen LogP contribution in [0.15, 0.2) is 24.4 Å². The van der Waals surface area contributed by atoms with Crippen LogP contribution in [0.3, 0.4) is 0 Å². The molecule has 7 nitrogen and oxygen atoms in total. The summed E-state index contributed by atoms with van der Waals surface area (Å²) in [5, 5.41) is -0.191. The van der Waals surface area contributed by atoms with Crippen molar-refractivity contribution in [3.8, 4) is 22.9 Å². The highest BCUT2D eigenvalue weighted by Gasteiger charge is 2.42. The van der Waals surface area contributed by atoms with E-state index in [0.29, 0.717) is 71.6 Å². The van der Waals surface area contributed by atoms with Crippen molar-refractivity contribution in [1.29, 1.82) is 0 Å². The SMILES string of the molecule is CC(C)[Si](C#Cc1nc2cnc(N3CCOCC3)nc2n1-c1ccc(OC(F)(F)F)c(Cl)c1)(C(C)C)C(C)C.